The van der Waals surface area contributed by atoms with Crippen molar-refractivity contribution in [3.63, 3.8) is 0 Å². The summed E-state index contributed by atoms with van der Waals surface area (Å²) >= 11 is 0. The van der Waals surface area contributed by atoms with Crippen molar-refractivity contribution in [3.05, 3.63) is 101 Å². The topological polar surface area (TPSA) is 130 Å². The second kappa shape index (κ2) is 12.8. The first-order valence-electron chi connectivity index (χ1n) is 12.1. The van der Waals surface area contributed by atoms with Crippen molar-refractivity contribution < 1.29 is 22.9 Å². The van der Waals surface area contributed by atoms with Crippen LogP contribution in [-0.2, 0) is 26.0 Å². The van der Waals surface area contributed by atoms with Crippen LogP contribution in [0, 0.1) is 10.1 Å². The second-order valence-corrected chi connectivity index (χ2v) is 10.3. The number of amides is 2. The van der Waals surface area contributed by atoms with Crippen molar-refractivity contribution in [1.29, 1.82) is 0 Å². The van der Waals surface area contributed by atoms with Crippen LogP contribution in [0.25, 0.3) is 0 Å². The summed E-state index contributed by atoms with van der Waals surface area (Å²) in [7, 11) is -2.75. The Morgan fingerprint density at radius 3 is 2.05 bits per heavy atom. The molecule has 200 valence electrons. The van der Waals surface area contributed by atoms with Gasteiger partial charge in [-0.15, -0.1) is 0 Å². The van der Waals surface area contributed by atoms with Crippen LogP contribution in [0.15, 0.2) is 89.8 Å². The van der Waals surface area contributed by atoms with E-state index in [1.165, 1.54) is 48.3 Å². The zero-order valence-corrected chi connectivity index (χ0v) is 22.0. The first kappa shape index (κ1) is 28.3. The molecule has 1 N–H and O–H groups in total. The van der Waals surface area contributed by atoms with Gasteiger partial charge in [-0.25, -0.2) is 8.42 Å². The standard InChI is InChI=1S/C27H30N4O6S/c1-3-25(27(33)28-2)29(19-18-21-10-6-4-7-11-21)26(32)20-30(22-14-16-23(17-15-22)31(34)35)38(36,37)24-12-8-5-9-13-24/h4-17,25H,3,18-20H2,1-2H3,(H,28,33). The van der Waals surface area contributed by atoms with Crippen molar-refractivity contribution in [2.24, 2.45) is 0 Å². The van der Waals surface area contributed by atoms with E-state index in [0.717, 1.165) is 9.87 Å². The van der Waals surface area contributed by atoms with E-state index in [1.807, 2.05) is 30.3 Å². The molecule has 0 aliphatic heterocycles. The third-order valence-corrected chi connectivity index (χ3v) is 7.86. The maximum atomic E-state index is 13.8. The predicted octanol–water partition coefficient (Wildman–Crippen LogP) is 3.39. The van der Waals surface area contributed by atoms with Crippen molar-refractivity contribution >= 4 is 33.2 Å². The molecule has 1 atom stereocenters. The average Bonchev–Trinajstić information content (AvgIpc) is 2.94. The fourth-order valence-electron chi connectivity index (χ4n) is 4.05. The fraction of sp³-hybridized carbons (Fsp3) is 0.259. The lowest BCUT2D eigenvalue weighted by Crippen LogP contribution is -2.52. The molecule has 38 heavy (non-hydrogen) atoms. The number of nitro benzene ring substituents is 1. The van der Waals surface area contributed by atoms with E-state index in [0.29, 0.717) is 12.8 Å². The molecule has 0 fully saturated rings. The number of nitro groups is 1. The summed E-state index contributed by atoms with van der Waals surface area (Å²) in [4.78, 5) is 38.3. The van der Waals surface area contributed by atoms with E-state index >= 15 is 0 Å². The Kier molecular flexibility index (Phi) is 9.55. The van der Waals surface area contributed by atoms with Gasteiger partial charge in [0.15, 0.2) is 0 Å². The SMILES string of the molecule is CCC(C(=O)NC)N(CCc1ccccc1)C(=O)CN(c1ccc([N+](=O)[O-])cc1)S(=O)(=O)c1ccccc1. The van der Waals surface area contributed by atoms with Crippen LogP contribution in [0.4, 0.5) is 11.4 Å². The third-order valence-electron chi connectivity index (χ3n) is 6.08. The van der Waals surface area contributed by atoms with Gasteiger partial charge in [-0.3, -0.25) is 24.0 Å². The minimum Gasteiger partial charge on any atom is -0.357 e. The molecule has 1 unspecified atom stereocenters. The van der Waals surface area contributed by atoms with Gasteiger partial charge in [0.05, 0.1) is 15.5 Å². The molecule has 3 aromatic rings. The second-order valence-electron chi connectivity index (χ2n) is 8.46. The smallest absolute Gasteiger partial charge is 0.269 e. The van der Waals surface area contributed by atoms with Crippen LogP contribution in [-0.4, -0.2) is 56.2 Å². The van der Waals surface area contributed by atoms with E-state index < -0.39 is 33.4 Å². The van der Waals surface area contributed by atoms with Crippen LogP contribution in [0.1, 0.15) is 18.9 Å². The summed E-state index contributed by atoms with van der Waals surface area (Å²) in [6.07, 6.45) is 0.784. The number of benzene rings is 3. The number of hydrogen-bond donors (Lipinski definition) is 1. The Labute approximate surface area is 222 Å². The number of nitrogens with zero attached hydrogens (tertiary/aromatic N) is 3. The minimum atomic E-state index is -4.23. The van der Waals surface area contributed by atoms with Gasteiger partial charge in [0.2, 0.25) is 11.8 Å². The summed E-state index contributed by atoms with van der Waals surface area (Å²) in [5.74, 6) is -0.934. The number of nitrogens with one attached hydrogen (secondary N) is 1. The number of non-ortho nitro benzene ring substituents is 1. The van der Waals surface area contributed by atoms with Gasteiger partial charge in [0, 0.05) is 25.7 Å². The molecular formula is C27H30N4O6S. The van der Waals surface area contributed by atoms with E-state index in [1.54, 1.807) is 25.1 Å². The first-order valence-corrected chi connectivity index (χ1v) is 13.5. The van der Waals surface area contributed by atoms with Crippen molar-refractivity contribution in [2.45, 2.75) is 30.7 Å². The van der Waals surface area contributed by atoms with Gasteiger partial charge in [-0.2, -0.15) is 0 Å². The molecule has 2 amide bonds. The van der Waals surface area contributed by atoms with Gasteiger partial charge in [0.25, 0.3) is 15.7 Å². The quantitative estimate of drug-likeness (QED) is 0.278. The molecule has 3 aromatic carbocycles. The third kappa shape index (κ3) is 6.74. The van der Waals surface area contributed by atoms with Crippen LogP contribution in [0.3, 0.4) is 0 Å². The number of carbonyl (C=O) groups is 2. The van der Waals surface area contributed by atoms with Crippen LogP contribution in [0.5, 0.6) is 0 Å². The lowest BCUT2D eigenvalue weighted by molar-refractivity contribution is -0.384. The maximum absolute atomic E-state index is 13.8. The van der Waals surface area contributed by atoms with Gasteiger partial charge < -0.3 is 10.2 Å². The highest BCUT2D eigenvalue weighted by molar-refractivity contribution is 7.92. The van der Waals surface area contributed by atoms with Gasteiger partial charge in [-0.1, -0.05) is 55.5 Å². The lowest BCUT2D eigenvalue weighted by Gasteiger charge is -2.33. The van der Waals surface area contributed by atoms with E-state index in [2.05, 4.69) is 5.32 Å². The largest absolute Gasteiger partial charge is 0.357 e. The highest BCUT2D eigenvalue weighted by atomic mass is 32.2. The van der Waals surface area contributed by atoms with E-state index in [-0.39, 0.29) is 28.7 Å². The molecule has 0 radical (unpaired) electrons. The van der Waals surface area contributed by atoms with Crippen LogP contribution >= 0.6 is 0 Å². The van der Waals surface area contributed by atoms with Crippen LogP contribution in [0.2, 0.25) is 0 Å². The average molecular weight is 539 g/mol. The zero-order valence-electron chi connectivity index (χ0n) is 21.2. The molecule has 11 heteroatoms. The number of hydrogen-bond acceptors (Lipinski definition) is 6. The van der Waals surface area contributed by atoms with Crippen molar-refractivity contribution in [1.82, 2.24) is 10.2 Å². The molecule has 0 heterocycles. The normalized spacial score (nSPS) is 11.8. The Bertz CT molecular complexity index is 1350. The van der Waals surface area contributed by atoms with Gasteiger partial charge >= 0.3 is 0 Å². The molecule has 0 aliphatic carbocycles. The number of likely N-dealkylation sites (N-methyl/N-ethyl adjacent to an activating group) is 1. The Morgan fingerprint density at radius 2 is 1.53 bits per heavy atom. The highest BCUT2D eigenvalue weighted by Crippen LogP contribution is 2.26. The summed E-state index contributed by atoms with van der Waals surface area (Å²) in [5.41, 5.74) is 0.831. The fourth-order valence-corrected chi connectivity index (χ4v) is 5.49. The summed E-state index contributed by atoms with van der Waals surface area (Å²) in [6, 6.07) is 21.2. The number of sulfonamides is 1. The molecule has 10 nitrogen and oxygen atoms in total. The van der Waals surface area contributed by atoms with Crippen molar-refractivity contribution in [2.75, 3.05) is 24.4 Å². The monoisotopic (exact) mass is 538 g/mol. The van der Waals surface area contributed by atoms with Gasteiger partial charge in [0.1, 0.15) is 12.6 Å². The molecule has 0 saturated carbocycles. The number of carbonyl (C=O) groups excluding carboxylic acids is 2. The number of anilines is 1. The molecule has 0 saturated heterocycles. The highest BCUT2D eigenvalue weighted by Gasteiger charge is 2.33. The Morgan fingerprint density at radius 1 is 0.947 bits per heavy atom. The van der Waals surface area contributed by atoms with Crippen LogP contribution < -0.4 is 9.62 Å². The van der Waals surface area contributed by atoms with E-state index in [4.69, 9.17) is 0 Å². The first-order chi connectivity index (χ1) is 18.2. The lowest BCUT2D eigenvalue weighted by atomic mass is 10.1. The zero-order chi connectivity index (χ0) is 27.7. The molecule has 0 aliphatic rings. The summed E-state index contributed by atoms with van der Waals surface area (Å²) in [5, 5.41) is 13.7. The molecule has 0 spiro atoms. The van der Waals surface area contributed by atoms with E-state index in [9.17, 15) is 28.1 Å². The van der Waals surface area contributed by atoms with Crippen molar-refractivity contribution in [3.8, 4) is 0 Å². The minimum absolute atomic E-state index is 0.0414. The van der Waals surface area contributed by atoms with Gasteiger partial charge in [-0.05, 0) is 42.7 Å². The maximum Gasteiger partial charge on any atom is 0.269 e. The Hall–Kier alpha value is -4.25. The molecular weight excluding hydrogens is 508 g/mol. The molecule has 3 rings (SSSR count). The molecule has 0 bridgehead atoms. The predicted molar refractivity (Wildman–Crippen MR) is 144 cm³/mol. The summed E-state index contributed by atoms with van der Waals surface area (Å²) in [6.45, 7) is 1.36. The summed E-state index contributed by atoms with van der Waals surface area (Å²) < 4.78 is 28.2. The number of rotatable bonds is 12. The molecule has 0 aromatic heterocycles. The Balaban J connectivity index is 2.01.